The van der Waals surface area contributed by atoms with Crippen LogP contribution in [0.3, 0.4) is 0 Å². The zero-order chi connectivity index (χ0) is 23.0. The molecule has 2 N–H and O–H groups in total. The maximum absolute atomic E-state index is 12.4. The average Bonchev–Trinajstić information content (AvgIpc) is 3.27. The van der Waals surface area contributed by atoms with E-state index in [2.05, 4.69) is 9.71 Å². The molecule has 0 bridgehead atoms. The van der Waals surface area contributed by atoms with Gasteiger partial charge in [-0.05, 0) is 49.8 Å². The largest absolute Gasteiger partial charge is 0.493 e. The van der Waals surface area contributed by atoms with Gasteiger partial charge < -0.3 is 9.47 Å². The summed E-state index contributed by atoms with van der Waals surface area (Å²) in [6.45, 7) is 2.60. The van der Waals surface area contributed by atoms with Gasteiger partial charge in [0.2, 0.25) is 10.0 Å². The Kier molecular flexibility index (Phi) is 8.66. The number of hydrogen-bond acceptors (Lipinski definition) is 6. The van der Waals surface area contributed by atoms with E-state index in [1.165, 1.54) is 42.5 Å². The third-order valence-electron chi connectivity index (χ3n) is 5.50. The van der Waals surface area contributed by atoms with Gasteiger partial charge in [-0.15, -0.1) is 0 Å². The molecule has 10 heteroatoms. The predicted molar refractivity (Wildman–Crippen MR) is 121 cm³/mol. The molecule has 0 radical (unpaired) electrons. The number of nitrogens with one attached hydrogen (secondary N) is 2. The number of aromatic nitrogens is 2. The summed E-state index contributed by atoms with van der Waals surface area (Å²) in [5, 5.41) is 0. The van der Waals surface area contributed by atoms with Gasteiger partial charge >= 0.3 is 5.69 Å². The quantitative estimate of drug-likeness (QED) is 0.464. The first kappa shape index (κ1) is 24.2. The minimum atomic E-state index is -3.51. The fourth-order valence-electron chi connectivity index (χ4n) is 3.72. The van der Waals surface area contributed by atoms with Crippen LogP contribution in [0, 0.1) is 5.92 Å². The van der Waals surface area contributed by atoms with E-state index >= 15 is 0 Å². The van der Waals surface area contributed by atoms with Crippen LogP contribution in [-0.2, 0) is 21.5 Å². The van der Waals surface area contributed by atoms with E-state index in [9.17, 15) is 18.0 Å². The molecule has 1 fully saturated rings. The van der Waals surface area contributed by atoms with E-state index in [1.807, 2.05) is 24.3 Å². The molecule has 9 nitrogen and oxygen atoms in total. The van der Waals surface area contributed by atoms with Crippen molar-refractivity contribution in [2.75, 3.05) is 19.0 Å². The van der Waals surface area contributed by atoms with Gasteiger partial charge in [-0.3, -0.25) is 14.3 Å². The first-order valence-electron chi connectivity index (χ1n) is 10.9. The maximum atomic E-state index is 12.4. The summed E-state index contributed by atoms with van der Waals surface area (Å²) < 4.78 is 40.0. The number of rotatable bonds is 12. The number of sulfonamides is 1. The summed E-state index contributed by atoms with van der Waals surface area (Å²) in [4.78, 5) is 24.7. The van der Waals surface area contributed by atoms with Crippen LogP contribution in [0.5, 0.6) is 5.75 Å². The minimum absolute atomic E-state index is 0.0624. The molecule has 0 spiro atoms. The summed E-state index contributed by atoms with van der Waals surface area (Å²) >= 11 is 0. The summed E-state index contributed by atoms with van der Waals surface area (Å²) in [5.41, 5.74) is -0.218. The molecule has 0 saturated heterocycles. The van der Waals surface area contributed by atoms with Crippen molar-refractivity contribution in [3.8, 4) is 5.75 Å². The lowest BCUT2D eigenvalue weighted by molar-refractivity contribution is 0.0744. The molecular weight excluding hydrogens is 434 g/mol. The number of nitrogens with zero attached hydrogens (tertiary/aromatic N) is 1. The smallest absolute Gasteiger partial charge is 0.330 e. The van der Waals surface area contributed by atoms with Crippen LogP contribution >= 0.6 is 0 Å². The SMILES string of the molecule is CC(NS(=O)(=O)CCCOCn1ccc(=O)[nH]c1=O)c1cccc(OCC2CCCC2)c1. The number of aromatic amines is 1. The van der Waals surface area contributed by atoms with Crippen LogP contribution in [0.1, 0.15) is 50.6 Å². The van der Waals surface area contributed by atoms with Gasteiger partial charge in [0.1, 0.15) is 12.5 Å². The van der Waals surface area contributed by atoms with Crippen LogP contribution in [0.4, 0.5) is 0 Å². The van der Waals surface area contributed by atoms with Crippen molar-refractivity contribution in [1.29, 1.82) is 0 Å². The van der Waals surface area contributed by atoms with E-state index in [-0.39, 0.29) is 25.5 Å². The van der Waals surface area contributed by atoms with Crippen LogP contribution in [-0.4, -0.2) is 36.9 Å². The number of ether oxygens (including phenoxy) is 2. The highest BCUT2D eigenvalue weighted by atomic mass is 32.2. The summed E-state index contributed by atoms with van der Waals surface area (Å²) in [6, 6.07) is 8.35. The first-order chi connectivity index (χ1) is 15.3. The minimum Gasteiger partial charge on any atom is -0.493 e. The molecule has 1 saturated carbocycles. The highest BCUT2D eigenvalue weighted by Gasteiger charge is 2.18. The molecule has 1 aliphatic rings. The Labute approximate surface area is 187 Å². The lowest BCUT2D eigenvalue weighted by Crippen LogP contribution is -2.30. The normalized spacial score (nSPS) is 15.7. The van der Waals surface area contributed by atoms with Gasteiger partial charge in [0.25, 0.3) is 5.56 Å². The predicted octanol–water partition coefficient (Wildman–Crippen LogP) is 2.15. The third kappa shape index (κ3) is 7.61. The van der Waals surface area contributed by atoms with Gasteiger partial charge in [0.15, 0.2) is 0 Å². The average molecular weight is 466 g/mol. The van der Waals surface area contributed by atoms with E-state index in [0.29, 0.717) is 12.5 Å². The fourth-order valence-corrected chi connectivity index (χ4v) is 5.01. The highest BCUT2D eigenvalue weighted by molar-refractivity contribution is 7.89. The maximum Gasteiger partial charge on any atom is 0.330 e. The highest BCUT2D eigenvalue weighted by Crippen LogP contribution is 2.26. The Morgan fingerprint density at radius 3 is 2.75 bits per heavy atom. The van der Waals surface area contributed by atoms with Crippen molar-refractivity contribution in [3.05, 3.63) is 62.9 Å². The molecule has 1 aromatic heterocycles. The molecule has 2 aromatic rings. The lowest BCUT2D eigenvalue weighted by atomic mass is 10.1. The molecule has 0 aliphatic heterocycles. The van der Waals surface area contributed by atoms with E-state index in [1.54, 1.807) is 6.92 Å². The third-order valence-corrected chi connectivity index (χ3v) is 7.04. The summed E-state index contributed by atoms with van der Waals surface area (Å²) in [5.74, 6) is 1.27. The van der Waals surface area contributed by atoms with Gasteiger partial charge in [-0.2, -0.15) is 0 Å². The lowest BCUT2D eigenvalue weighted by Gasteiger charge is -2.17. The Morgan fingerprint density at radius 2 is 2.00 bits per heavy atom. The molecule has 32 heavy (non-hydrogen) atoms. The summed E-state index contributed by atoms with van der Waals surface area (Å²) in [6.07, 6.45) is 6.55. The van der Waals surface area contributed by atoms with Crippen molar-refractivity contribution in [2.45, 2.75) is 51.8 Å². The number of benzene rings is 1. The Morgan fingerprint density at radius 1 is 1.22 bits per heavy atom. The molecular formula is C22H31N3O6S. The van der Waals surface area contributed by atoms with Crippen molar-refractivity contribution < 1.29 is 17.9 Å². The number of hydrogen-bond donors (Lipinski definition) is 2. The van der Waals surface area contributed by atoms with Crippen LogP contribution in [0.2, 0.25) is 0 Å². The molecule has 1 heterocycles. The molecule has 1 unspecified atom stereocenters. The second kappa shape index (κ2) is 11.4. The van der Waals surface area contributed by atoms with E-state index in [4.69, 9.17) is 9.47 Å². The Bertz CT molecular complexity index is 1090. The second-order valence-electron chi connectivity index (χ2n) is 8.16. The Hall–Kier alpha value is -2.43. The van der Waals surface area contributed by atoms with Crippen LogP contribution < -0.4 is 20.7 Å². The number of H-pyrrole nitrogens is 1. The first-order valence-corrected chi connectivity index (χ1v) is 12.6. The van der Waals surface area contributed by atoms with E-state index in [0.717, 1.165) is 11.3 Å². The van der Waals surface area contributed by atoms with Crippen LogP contribution in [0.15, 0.2) is 46.1 Å². The topological polar surface area (TPSA) is 119 Å². The van der Waals surface area contributed by atoms with Crippen molar-refractivity contribution in [3.63, 3.8) is 0 Å². The molecule has 176 valence electrons. The van der Waals surface area contributed by atoms with Crippen molar-refractivity contribution in [2.24, 2.45) is 5.92 Å². The zero-order valence-corrected chi connectivity index (χ0v) is 19.1. The van der Waals surface area contributed by atoms with Crippen molar-refractivity contribution >= 4 is 10.0 Å². The van der Waals surface area contributed by atoms with Gasteiger partial charge in [0.05, 0.1) is 12.4 Å². The molecule has 1 aromatic carbocycles. The molecule has 1 atom stereocenters. The van der Waals surface area contributed by atoms with Gasteiger partial charge in [0, 0.05) is 24.9 Å². The van der Waals surface area contributed by atoms with Gasteiger partial charge in [-0.1, -0.05) is 25.0 Å². The zero-order valence-electron chi connectivity index (χ0n) is 18.3. The molecule has 0 amide bonds. The molecule has 3 rings (SSSR count). The van der Waals surface area contributed by atoms with Crippen LogP contribution in [0.25, 0.3) is 0 Å². The summed E-state index contributed by atoms with van der Waals surface area (Å²) in [7, 11) is -3.51. The molecule has 1 aliphatic carbocycles. The fraction of sp³-hybridized carbons (Fsp3) is 0.545. The van der Waals surface area contributed by atoms with Crippen molar-refractivity contribution in [1.82, 2.24) is 14.3 Å². The Balaban J connectivity index is 1.42. The second-order valence-corrected chi connectivity index (χ2v) is 10.0. The van der Waals surface area contributed by atoms with Gasteiger partial charge in [-0.25, -0.2) is 17.9 Å². The van der Waals surface area contributed by atoms with E-state index < -0.39 is 27.3 Å². The standard InChI is InChI=1S/C22H31N3O6S/c1-17(19-8-4-9-20(14-19)31-15-18-6-2-3-7-18)24-32(28,29)13-5-12-30-16-25-11-10-21(26)23-22(25)27/h4,8-11,14,17-18,24H,2-3,5-7,12-13,15-16H2,1H3,(H,23,26,27). The monoisotopic (exact) mass is 465 g/mol.